The number of benzene rings is 2. The van der Waals surface area contributed by atoms with E-state index in [2.05, 4.69) is 17.4 Å². The summed E-state index contributed by atoms with van der Waals surface area (Å²) >= 11 is 11.8. The van der Waals surface area contributed by atoms with Crippen molar-refractivity contribution in [2.45, 2.75) is 0 Å². The summed E-state index contributed by atoms with van der Waals surface area (Å²) in [6, 6.07) is 8.79. The Morgan fingerprint density at radius 1 is 0.833 bits per heavy atom. The van der Waals surface area contributed by atoms with Gasteiger partial charge in [0.15, 0.2) is 11.6 Å². The van der Waals surface area contributed by atoms with Gasteiger partial charge in [0.25, 0.3) is 0 Å². The molecular formula is C15H12Cl2N4O3. The maximum Gasteiger partial charge on any atom is 0.343 e. The van der Waals surface area contributed by atoms with Crippen molar-refractivity contribution in [1.29, 1.82) is 0 Å². The van der Waals surface area contributed by atoms with Crippen LogP contribution in [0.25, 0.3) is 0 Å². The first-order valence-electron chi connectivity index (χ1n) is 6.50. The molecule has 9 heteroatoms. The summed E-state index contributed by atoms with van der Waals surface area (Å²) in [7, 11) is 0. The first-order valence-corrected chi connectivity index (χ1v) is 7.26. The normalized spacial score (nSPS) is 11.8. The zero-order chi connectivity index (χ0) is 18.0. The highest BCUT2D eigenvalue weighted by molar-refractivity contribution is 6.43. The Labute approximate surface area is 146 Å². The summed E-state index contributed by atoms with van der Waals surface area (Å²) in [5.41, 5.74) is 5.92. The van der Waals surface area contributed by atoms with Gasteiger partial charge in [-0.05, 0) is 12.1 Å². The van der Waals surface area contributed by atoms with E-state index in [-0.39, 0.29) is 21.6 Å². The van der Waals surface area contributed by atoms with Crippen LogP contribution in [0.5, 0.6) is 0 Å². The van der Waals surface area contributed by atoms with Crippen LogP contribution in [0.3, 0.4) is 0 Å². The molecule has 0 unspecified atom stereocenters. The van der Waals surface area contributed by atoms with Crippen LogP contribution in [-0.4, -0.2) is 22.7 Å². The second kappa shape index (κ2) is 6.98. The summed E-state index contributed by atoms with van der Waals surface area (Å²) < 4.78 is 0. The predicted molar refractivity (Wildman–Crippen MR) is 89.6 cm³/mol. The smallest absolute Gasteiger partial charge is 0.343 e. The number of ketones is 2. The largest absolute Gasteiger partial charge is 0.349 e. The van der Waals surface area contributed by atoms with E-state index in [1.807, 2.05) is 0 Å². The Morgan fingerprint density at radius 3 is 1.46 bits per heavy atom. The minimum atomic E-state index is -0.852. The minimum Gasteiger partial charge on any atom is -0.349 e. The van der Waals surface area contributed by atoms with E-state index >= 15 is 0 Å². The maximum atomic E-state index is 12.3. The lowest BCUT2D eigenvalue weighted by Gasteiger charge is -2.17. The van der Waals surface area contributed by atoms with E-state index in [9.17, 15) is 14.4 Å². The topological polar surface area (TPSA) is 133 Å². The average Bonchev–Trinajstić information content (AvgIpc) is 2.55. The van der Waals surface area contributed by atoms with Crippen LogP contribution in [0, 0.1) is 0 Å². The quantitative estimate of drug-likeness (QED) is 0.317. The molecule has 124 valence electrons. The number of nitrogens with zero attached hydrogens (tertiary/aromatic N) is 1. The van der Waals surface area contributed by atoms with Crippen molar-refractivity contribution in [3.05, 3.63) is 68.7 Å². The van der Waals surface area contributed by atoms with Gasteiger partial charge in [0.05, 0.1) is 10.0 Å². The van der Waals surface area contributed by atoms with Crippen LogP contribution in [0.2, 0.25) is 10.0 Å². The molecule has 0 heterocycles. The second-order valence-corrected chi connectivity index (χ2v) is 5.58. The van der Waals surface area contributed by atoms with Gasteiger partial charge in [-0.25, -0.2) is 16.5 Å². The summed E-state index contributed by atoms with van der Waals surface area (Å²) in [6.45, 7) is 0. The summed E-state index contributed by atoms with van der Waals surface area (Å²) in [5.74, 6) is 8.75. The van der Waals surface area contributed by atoms with E-state index in [0.717, 1.165) is 0 Å². The Hall–Kier alpha value is -2.45. The fourth-order valence-electron chi connectivity index (χ4n) is 2.09. The SMILES string of the molecule is NC(=O)N(N)N.O=C1c2ccccc2C(=O)c2cc(Cl)c(Cl)cc21. The predicted octanol–water partition coefficient (Wildman–Crippen LogP) is 1.88. The summed E-state index contributed by atoms with van der Waals surface area (Å²) in [6.07, 6.45) is 0. The maximum absolute atomic E-state index is 12.3. The molecule has 1 aliphatic carbocycles. The van der Waals surface area contributed by atoms with Crippen LogP contribution >= 0.6 is 23.2 Å². The number of fused-ring (bicyclic) bond motifs is 2. The number of primary amides is 1. The molecule has 0 bridgehead atoms. The van der Waals surface area contributed by atoms with E-state index in [0.29, 0.717) is 27.4 Å². The van der Waals surface area contributed by atoms with Gasteiger partial charge in [0.2, 0.25) is 0 Å². The molecule has 2 aromatic rings. The van der Waals surface area contributed by atoms with Gasteiger partial charge in [-0.15, -0.1) is 0 Å². The third-order valence-corrected chi connectivity index (χ3v) is 3.94. The lowest BCUT2D eigenvalue weighted by molar-refractivity contribution is 0.0979. The van der Waals surface area contributed by atoms with E-state index in [1.54, 1.807) is 24.3 Å². The van der Waals surface area contributed by atoms with Gasteiger partial charge >= 0.3 is 6.03 Å². The molecule has 24 heavy (non-hydrogen) atoms. The van der Waals surface area contributed by atoms with Gasteiger partial charge in [0, 0.05) is 22.3 Å². The molecule has 0 fully saturated rings. The highest BCUT2D eigenvalue weighted by Gasteiger charge is 2.30. The van der Waals surface area contributed by atoms with Crippen LogP contribution in [0.4, 0.5) is 4.79 Å². The number of rotatable bonds is 0. The van der Waals surface area contributed by atoms with Crippen LogP contribution < -0.4 is 17.4 Å². The van der Waals surface area contributed by atoms with Crippen LogP contribution in [0.15, 0.2) is 36.4 Å². The van der Waals surface area contributed by atoms with Gasteiger partial charge in [-0.2, -0.15) is 5.12 Å². The van der Waals surface area contributed by atoms with Gasteiger partial charge in [-0.3, -0.25) is 9.59 Å². The molecule has 0 aromatic heterocycles. The first-order chi connectivity index (χ1) is 11.2. The Bertz CT molecular complexity index is 793. The van der Waals surface area contributed by atoms with Gasteiger partial charge in [-0.1, -0.05) is 47.5 Å². The Balaban J connectivity index is 0.000000301. The molecule has 2 amide bonds. The Morgan fingerprint density at radius 2 is 1.17 bits per heavy atom. The van der Waals surface area contributed by atoms with E-state index < -0.39 is 6.03 Å². The van der Waals surface area contributed by atoms with Crippen molar-refractivity contribution in [3.8, 4) is 0 Å². The van der Waals surface area contributed by atoms with Crippen molar-refractivity contribution in [2.75, 3.05) is 0 Å². The van der Waals surface area contributed by atoms with Gasteiger partial charge in [0.1, 0.15) is 0 Å². The summed E-state index contributed by atoms with van der Waals surface area (Å²) in [5, 5.41) is 0.854. The number of hydrazine groups is 2. The Kier molecular flexibility index (Phi) is 5.20. The van der Waals surface area contributed by atoms with Crippen molar-refractivity contribution in [2.24, 2.45) is 17.4 Å². The highest BCUT2D eigenvalue weighted by Crippen LogP contribution is 2.32. The van der Waals surface area contributed by atoms with Crippen LogP contribution in [0.1, 0.15) is 31.8 Å². The standard InChI is InChI=1S/C14H6Cl2O2.CH6N4O/c15-11-5-9-10(6-12(11)16)14(18)8-4-2-1-3-7(8)13(9)17;2-1(6)5(3)4/h1-6H;3-4H2,(H2,2,6). The molecule has 6 N–H and O–H groups in total. The molecule has 0 aliphatic heterocycles. The minimum absolute atomic E-state index is 0.196. The third-order valence-electron chi connectivity index (χ3n) is 3.22. The number of urea groups is 1. The number of hydrogen-bond acceptors (Lipinski definition) is 5. The number of halogens is 2. The molecule has 1 aliphatic rings. The van der Waals surface area contributed by atoms with E-state index in [4.69, 9.17) is 23.2 Å². The number of carbonyl (C=O) groups is 3. The van der Waals surface area contributed by atoms with E-state index in [1.165, 1.54) is 12.1 Å². The monoisotopic (exact) mass is 366 g/mol. The molecule has 2 aromatic carbocycles. The second-order valence-electron chi connectivity index (χ2n) is 4.76. The van der Waals surface area contributed by atoms with Crippen molar-refractivity contribution in [3.63, 3.8) is 0 Å². The first kappa shape index (κ1) is 17.9. The zero-order valence-electron chi connectivity index (χ0n) is 12.1. The molecule has 3 rings (SSSR count). The van der Waals surface area contributed by atoms with Gasteiger partial charge < -0.3 is 5.73 Å². The van der Waals surface area contributed by atoms with Crippen molar-refractivity contribution < 1.29 is 14.4 Å². The fraction of sp³-hybridized carbons (Fsp3) is 0. The third kappa shape index (κ3) is 3.39. The van der Waals surface area contributed by atoms with Crippen LogP contribution in [-0.2, 0) is 0 Å². The average molecular weight is 367 g/mol. The number of hydrogen-bond donors (Lipinski definition) is 3. The number of carbonyl (C=O) groups excluding carboxylic acids is 3. The molecule has 7 nitrogen and oxygen atoms in total. The fourth-order valence-corrected chi connectivity index (χ4v) is 2.42. The van der Waals surface area contributed by atoms with Crippen molar-refractivity contribution >= 4 is 40.8 Å². The number of amides is 2. The molecule has 0 radical (unpaired) electrons. The van der Waals surface area contributed by atoms with Crippen molar-refractivity contribution in [1.82, 2.24) is 5.12 Å². The highest BCUT2D eigenvalue weighted by atomic mass is 35.5. The molecule has 0 saturated carbocycles. The lowest BCUT2D eigenvalue weighted by Crippen LogP contribution is -2.46. The zero-order valence-corrected chi connectivity index (χ0v) is 13.6. The molecular weight excluding hydrogens is 355 g/mol. The lowest BCUT2D eigenvalue weighted by atomic mass is 9.84. The number of nitrogens with two attached hydrogens (primary N) is 3. The summed E-state index contributed by atoms with van der Waals surface area (Å²) in [4.78, 5) is 34.1. The molecule has 0 saturated heterocycles. The molecule has 0 spiro atoms. The molecule has 0 atom stereocenters.